The molecule has 0 aliphatic heterocycles. The van der Waals surface area contributed by atoms with Crippen LogP contribution in [0.3, 0.4) is 0 Å². The van der Waals surface area contributed by atoms with Gasteiger partial charge in [-0.15, -0.1) is 0 Å². The normalized spacial score (nSPS) is 11.8. The first-order valence-corrected chi connectivity index (χ1v) is 6.54. The molecule has 19 heavy (non-hydrogen) atoms. The minimum atomic E-state index is -0.0818. The molecule has 0 heterocycles. The lowest BCUT2D eigenvalue weighted by Crippen LogP contribution is -2.39. The molecule has 0 aliphatic carbocycles. The molecular formula is C14H18ClN3O. The number of nitrogens with one attached hydrogen (secondary N) is 2. The topological polar surface area (TPSA) is 64.9 Å². The molecule has 0 aromatic heterocycles. The van der Waals surface area contributed by atoms with Gasteiger partial charge in [0.15, 0.2) is 0 Å². The van der Waals surface area contributed by atoms with E-state index in [1.165, 1.54) is 0 Å². The van der Waals surface area contributed by atoms with Crippen molar-refractivity contribution in [2.24, 2.45) is 5.92 Å². The Labute approximate surface area is 118 Å². The summed E-state index contributed by atoms with van der Waals surface area (Å²) in [5.41, 5.74) is 1.14. The molecule has 1 unspecified atom stereocenters. The summed E-state index contributed by atoms with van der Waals surface area (Å²) in [6.07, 6.45) is 0. The highest BCUT2D eigenvalue weighted by molar-refractivity contribution is 6.33. The van der Waals surface area contributed by atoms with Gasteiger partial charge in [-0.2, -0.15) is 5.26 Å². The van der Waals surface area contributed by atoms with Gasteiger partial charge in [0, 0.05) is 6.04 Å². The number of nitriles is 1. The smallest absolute Gasteiger partial charge is 0.239 e. The van der Waals surface area contributed by atoms with Crippen LogP contribution in [0.2, 0.25) is 5.02 Å². The second-order valence-electron chi connectivity index (χ2n) is 4.76. The van der Waals surface area contributed by atoms with Crippen molar-refractivity contribution in [2.45, 2.75) is 26.8 Å². The van der Waals surface area contributed by atoms with Gasteiger partial charge < -0.3 is 10.6 Å². The number of nitrogens with zero attached hydrogens (tertiary/aromatic N) is 1. The van der Waals surface area contributed by atoms with Crippen LogP contribution >= 0.6 is 11.6 Å². The maximum Gasteiger partial charge on any atom is 0.239 e. The lowest BCUT2D eigenvalue weighted by molar-refractivity contribution is -0.120. The molecule has 1 atom stereocenters. The Morgan fingerprint density at radius 2 is 2.11 bits per heavy atom. The Bertz CT molecular complexity index is 494. The molecule has 0 fully saturated rings. The Balaban J connectivity index is 2.53. The summed E-state index contributed by atoms with van der Waals surface area (Å²) in [6.45, 7) is 6.23. The molecule has 0 radical (unpaired) electrons. The molecule has 0 spiro atoms. The van der Waals surface area contributed by atoms with Crippen LogP contribution in [0.4, 0.5) is 5.69 Å². The number of carbonyl (C=O) groups excluding carboxylic acids is 1. The molecular weight excluding hydrogens is 262 g/mol. The number of carbonyl (C=O) groups is 1. The van der Waals surface area contributed by atoms with Crippen molar-refractivity contribution in [3.8, 4) is 6.07 Å². The summed E-state index contributed by atoms with van der Waals surface area (Å²) in [7, 11) is 0. The molecule has 1 rings (SSSR count). The average Bonchev–Trinajstić information content (AvgIpc) is 2.36. The van der Waals surface area contributed by atoms with Gasteiger partial charge in [0.25, 0.3) is 0 Å². The van der Waals surface area contributed by atoms with Crippen LogP contribution in [0, 0.1) is 17.2 Å². The monoisotopic (exact) mass is 279 g/mol. The van der Waals surface area contributed by atoms with Gasteiger partial charge in [0.2, 0.25) is 5.91 Å². The van der Waals surface area contributed by atoms with E-state index in [1.54, 1.807) is 18.2 Å². The van der Waals surface area contributed by atoms with E-state index < -0.39 is 0 Å². The summed E-state index contributed by atoms with van der Waals surface area (Å²) >= 11 is 6.00. The van der Waals surface area contributed by atoms with Crippen molar-refractivity contribution in [1.82, 2.24) is 5.32 Å². The quantitative estimate of drug-likeness (QED) is 0.871. The van der Waals surface area contributed by atoms with Crippen molar-refractivity contribution >= 4 is 23.2 Å². The van der Waals surface area contributed by atoms with Crippen LogP contribution in [0.25, 0.3) is 0 Å². The molecule has 2 N–H and O–H groups in total. The van der Waals surface area contributed by atoms with E-state index in [4.69, 9.17) is 16.9 Å². The third-order valence-corrected chi connectivity index (χ3v) is 3.24. The van der Waals surface area contributed by atoms with E-state index in [1.807, 2.05) is 13.0 Å². The predicted molar refractivity (Wildman–Crippen MR) is 77.1 cm³/mol. The van der Waals surface area contributed by atoms with Crippen molar-refractivity contribution in [3.63, 3.8) is 0 Å². The Kier molecular flexibility index (Phi) is 5.65. The van der Waals surface area contributed by atoms with Crippen LogP contribution in [0.15, 0.2) is 18.2 Å². The van der Waals surface area contributed by atoms with E-state index in [2.05, 4.69) is 24.5 Å². The summed E-state index contributed by atoms with van der Waals surface area (Å²) in [6, 6.07) is 7.06. The zero-order valence-electron chi connectivity index (χ0n) is 11.3. The van der Waals surface area contributed by atoms with Crippen molar-refractivity contribution in [1.29, 1.82) is 5.26 Å². The maximum atomic E-state index is 11.7. The van der Waals surface area contributed by atoms with Gasteiger partial charge in [-0.05, 0) is 31.0 Å². The molecule has 4 nitrogen and oxygen atoms in total. The second kappa shape index (κ2) is 7.01. The number of anilines is 1. The number of hydrogen-bond acceptors (Lipinski definition) is 3. The van der Waals surface area contributed by atoms with Crippen LogP contribution in [0.1, 0.15) is 26.3 Å². The van der Waals surface area contributed by atoms with Gasteiger partial charge in [0.1, 0.15) is 0 Å². The summed E-state index contributed by atoms with van der Waals surface area (Å²) in [5, 5.41) is 15.0. The van der Waals surface area contributed by atoms with E-state index in [0.29, 0.717) is 22.2 Å². The first-order chi connectivity index (χ1) is 8.93. The SMILES string of the molecule is CC(C)C(C)NC(=O)CNc1ccc(C#N)cc1Cl. The van der Waals surface area contributed by atoms with Crippen LogP contribution < -0.4 is 10.6 Å². The molecule has 0 saturated carbocycles. The van der Waals surface area contributed by atoms with Gasteiger partial charge in [-0.1, -0.05) is 25.4 Å². The predicted octanol–water partition coefficient (Wildman–Crippen LogP) is 2.78. The zero-order valence-corrected chi connectivity index (χ0v) is 12.1. The fourth-order valence-corrected chi connectivity index (χ4v) is 1.62. The minimum absolute atomic E-state index is 0.0818. The van der Waals surface area contributed by atoms with E-state index in [0.717, 1.165) is 0 Å². The van der Waals surface area contributed by atoms with Crippen LogP contribution in [0.5, 0.6) is 0 Å². The van der Waals surface area contributed by atoms with E-state index in [-0.39, 0.29) is 18.5 Å². The van der Waals surface area contributed by atoms with Gasteiger partial charge in [-0.3, -0.25) is 4.79 Å². The molecule has 1 aromatic carbocycles. The third-order valence-electron chi connectivity index (χ3n) is 2.93. The van der Waals surface area contributed by atoms with Gasteiger partial charge in [-0.25, -0.2) is 0 Å². The fraction of sp³-hybridized carbons (Fsp3) is 0.429. The summed E-state index contributed by atoms with van der Waals surface area (Å²) in [5.74, 6) is 0.309. The molecule has 0 bridgehead atoms. The number of halogens is 1. The highest BCUT2D eigenvalue weighted by Gasteiger charge is 2.11. The number of rotatable bonds is 5. The first kappa shape index (κ1) is 15.3. The van der Waals surface area contributed by atoms with Crippen molar-refractivity contribution in [2.75, 3.05) is 11.9 Å². The van der Waals surface area contributed by atoms with E-state index in [9.17, 15) is 4.79 Å². The summed E-state index contributed by atoms with van der Waals surface area (Å²) < 4.78 is 0. The Morgan fingerprint density at radius 3 is 2.63 bits per heavy atom. The minimum Gasteiger partial charge on any atom is -0.375 e. The largest absolute Gasteiger partial charge is 0.375 e. The zero-order chi connectivity index (χ0) is 14.4. The van der Waals surface area contributed by atoms with Crippen molar-refractivity contribution in [3.05, 3.63) is 28.8 Å². The Morgan fingerprint density at radius 1 is 1.42 bits per heavy atom. The van der Waals surface area contributed by atoms with Gasteiger partial charge in [0.05, 0.1) is 28.9 Å². The lowest BCUT2D eigenvalue weighted by Gasteiger charge is -2.18. The van der Waals surface area contributed by atoms with Crippen LogP contribution in [-0.2, 0) is 4.79 Å². The highest BCUT2D eigenvalue weighted by atomic mass is 35.5. The standard InChI is InChI=1S/C14H18ClN3O/c1-9(2)10(3)18-14(19)8-17-13-5-4-11(7-16)6-12(13)15/h4-6,9-10,17H,8H2,1-3H3,(H,18,19). The van der Waals surface area contributed by atoms with Gasteiger partial charge >= 0.3 is 0 Å². The number of hydrogen-bond donors (Lipinski definition) is 2. The number of benzene rings is 1. The molecule has 102 valence electrons. The molecule has 0 saturated heterocycles. The van der Waals surface area contributed by atoms with E-state index >= 15 is 0 Å². The van der Waals surface area contributed by atoms with Crippen LogP contribution in [-0.4, -0.2) is 18.5 Å². The molecule has 1 amide bonds. The third kappa shape index (κ3) is 4.80. The number of amides is 1. The fourth-order valence-electron chi connectivity index (χ4n) is 1.38. The Hall–Kier alpha value is -1.73. The first-order valence-electron chi connectivity index (χ1n) is 6.17. The molecule has 1 aromatic rings. The molecule has 0 aliphatic rings. The summed E-state index contributed by atoms with van der Waals surface area (Å²) in [4.78, 5) is 11.7. The molecule has 5 heteroatoms. The lowest BCUT2D eigenvalue weighted by atomic mass is 10.1. The highest BCUT2D eigenvalue weighted by Crippen LogP contribution is 2.22. The second-order valence-corrected chi connectivity index (χ2v) is 5.17. The average molecular weight is 280 g/mol. The maximum absolute atomic E-state index is 11.7. The van der Waals surface area contributed by atoms with Crippen molar-refractivity contribution < 1.29 is 4.79 Å².